The number of hydrogen-bond donors (Lipinski definition) is 1. The summed E-state index contributed by atoms with van der Waals surface area (Å²) in [5.41, 5.74) is -0.739. The minimum atomic E-state index is -1.04. The first-order chi connectivity index (χ1) is 10.9. The quantitative estimate of drug-likeness (QED) is 0.775. The van der Waals surface area contributed by atoms with Gasteiger partial charge in [0.2, 0.25) is 11.7 Å². The highest BCUT2D eigenvalue weighted by Gasteiger charge is 2.69. The average Bonchev–Trinajstić information content (AvgIpc) is 2.72. The predicted octanol–water partition coefficient (Wildman–Crippen LogP) is 1.52. The van der Waals surface area contributed by atoms with Gasteiger partial charge in [0.15, 0.2) is 11.8 Å². The number of aliphatic carboxylic acids is 1. The number of hydrogen-bond acceptors (Lipinski definition) is 5. The zero-order valence-electron chi connectivity index (χ0n) is 13.5. The molecule has 0 unspecified atom stereocenters. The summed E-state index contributed by atoms with van der Waals surface area (Å²) in [5, 5.41) is 9.21. The van der Waals surface area contributed by atoms with Crippen molar-refractivity contribution in [3.8, 4) is 0 Å². The Labute approximate surface area is 134 Å². The van der Waals surface area contributed by atoms with Crippen LogP contribution in [0.25, 0.3) is 0 Å². The van der Waals surface area contributed by atoms with E-state index in [9.17, 15) is 14.7 Å². The molecule has 4 aliphatic heterocycles. The molecule has 4 saturated heterocycles. The van der Waals surface area contributed by atoms with Crippen molar-refractivity contribution < 1.29 is 29.2 Å². The van der Waals surface area contributed by atoms with Gasteiger partial charge in [-0.15, -0.1) is 0 Å². The summed E-state index contributed by atoms with van der Waals surface area (Å²) in [6.07, 6.45) is 3.14. The van der Waals surface area contributed by atoms with Gasteiger partial charge < -0.3 is 14.7 Å². The molecule has 7 heteroatoms. The summed E-state index contributed by atoms with van der Waals surface area (Å²) in [4.78, 5) is 36.7. The summed E-state index contributed by atoms with van der Waals surface area (Å²) in [6.45, 7) is 3.64. The van der Waals surface area contributed by atoms with Gasteiger partial charge in [0.05, 0.1) is 0 Å². The highest BCUT2D eigenvalue weighted by molar-refractivity contribution is 5.83. The molecule has 0 aromatic heterocycles. The van der Waals surface area contributed by atoms with Crippen LogP contribution in [0.2, 0.25) is 0 Å². The summed E-state index contributed by atoms with van der Waals surface area (Å²) in [7, 11) is 0. The van der Waals surface area contributed by atoms with Crippen LogP contribution in [0, 0.1) is 17.8 Å². The van der Waals surface area contributed by atoms with Gasteiger partial charge in [-0.05, 0) is 38.0 Å². The molecule has 7 nitrogen and oxygen atoms in total. The number of piperidine rings is 1. The number of ether oxygens (including phenoxy) is 1. The van der Waals surface area contributed by atoms with E-state index in [-0.39, 0.29) is 24.3 Å². The van der Waals surface area contributed by atoms with Crippen LogP contribution in [-0.4, -0.2) is 46.0 Å². The number of nitrogens with zero attached hydrogens (tertiary/aromatic N) is 1. The van der Waals surface area contributed by atoms with Crippen molar-refractivity contribution in [2.75, 3.05) is 6.54 Å². The molecule has 1 N–H and O–H groups in total. The molecule has 5 fully saturated rings. The van der Waals surface area contributed by atoms with Gasteiger partial charge in [-0.25, -0.2) is 9.78 Å². The minimum absolute atomic E-state index is 0.0221. The molecule has 1 saturated carbocycles. The fourth-order valence-electron chi connectivity index (χ4n) is 5.08. The van der Waals surface area contributed by atoms with E-state index in [0.717, 1.165) is 19.3 Å². The van der Waals surface area contributed by atoms with Crippen LogP contribution >= 0.6 is 0 Å². The van der Waals surface area contributed by atoms with Gasteiger partial charge in [0.25, 0.3) is 0 Å². The lowest BCUT2D eigenvalue weighted by Crippen LogP contribution is -2.73. The number of carboxylic acids is 1. The Balaban J connectivity index is 1.81. The third kappa shape index (κ3) is 2.06. The Morgan fingerprint density at radius 1 is 1.35 bits per heavy atom. The molecule has 5 aliphatic rings. The lowest BCUT2D eigenvalue weighted by Gasteiger charge is -2.59. The average molecular weight is 325 g/mol. The zero-order chi connectivity index (χ0) is 16.4. The molecule has 2 bridgehead atoms. The normalized spacial score (nSPS) is 48.8. The van der Waals surface area contributed by atoms with Crippen LogP contribution in [0.1, 0.15) is 46.0 Å². The molecule has 0 aromatic rings. The van der Waals surface area contributed by atoms with Crippen LogP contribution in [0.4, 0.5) is 0 Å². The topological polar surface area (TPSA) is 85.3 Å². The van der Waals surface area contributed by atoms with Crippen molar-refractivity contribution >= 4 is 11.9 Å². The molecule has 6 atom stereocenters. The zero-order valence-corrected chi connectivity index (χ0v) is 13.5. The van der Waals surface area contributed by atoms with Crippen LogP contribution in [0.5, 0.6) is 0 Å². The molecule has 5 rings (SSSR count). The van der Waals surface area contributed by atoms with E-state index in [1.165, 1.54) is 4.90 Å². The maximum atomic E-state index is 12.5. The Morgan fingerprint density at radius 3 is 2.87 bits per heavy atom. The molecular weight excluding hydrogens is 302 g/mol. The fourth-order valence-corrected chi connectivity index (χ4v) is 5.08. The number of fused-ring (bicyclic) bond motifs is 2. The van der Waals surface area contributed by atoms with Crippen molar-refractivity contribution in [3.63, 3.8) is 0 Å². The van der Waals surface area contributed by atoms with E-state index < -0.39 is 23.6 Å². The first-order valence-corrected chi connectivity index (χ1v) is 8.41. The van der Waals surface area contributed by atoms with Gasteiger partial charge in [0, 0.05) is 18.8 Å². The molecule has 1 amide bonds. The van der Waals surface area contributed by atoms with Gasteiger partial charge in [-0.1, -0.05) is 6.92 Å². The van der Waals surface area contributed by atoms with Crippen molar-refractivity contribution in [2.24, 2.45) is 17.8 Å². The van der Waals surface area contributed by atoms with E-state index in [4.69, 9.17) is 14.5 Å². The molecule has 0 aromatic carbocycles. The number of carboxylic acid groups (broad SMARTS) is 1. The summed E-state index contributed by atoms with van der Waals surface area (Å²) >= 11 is 0. The molecule has 1 spiro atoms. The largest absolute Gasteiger partial charge is 0.480 e. The highest BCUT2D eigenvalue weighted by Crippen LogP contribution is 2.59. The van der Waals surface area contributed by atoms with E-state index in [1.807, 2.05) is 0 Å². The summed E-state index contributed by atoms with van der Waals surface area (Å²) in [5.74, 6) is -1.47. The second-order valence-corrected chi connectivity index (χ2v) is 7.64. The SMILES string of the molecule is C[C@H]1CC[C@H]2CC(=O)N(CC(=O)O)[C@H]3O[C@@]4(C)CC[C@@H]1[C@]23OO4. The second kappa shape index (κ2) is 4.91. The predicted molar refractivity (Wildman–Crippen MR) is 76.8 cm³/mol. The third-order valence-electron chi connectivity index (χ3n) is 6.22. The first-order valence-electron chi connectivity index (χ1n) is 8.41. The molecule has 1 aliphatic carbocycles. The van der Waals surface area contributed by atoms with Crippen LogP contribution in [-0.2, 0) is 24.1 Å². The Bertz CT molecular complexity index is 549. The fraction of sp³-hybridized carbons (Fsp3) is 0.875. The number of rotatable bonds is 2. The molecule has 23 heavy (non-hydrogen) atoms. The standard InChI is InChI=1S/C16H23NO6/c1-9-3-4-10-7-12(18)17(8-13(19)20)14-16(10)11(9)5-6-15(2,21-14)22-23-16/h9-11,14H,3-8H2,1-2H3,(H,19,20)/t9-,10-,11-,14-,15+,16+/m0/s1. The monoisotopic (exact) mass is 325 g/mol. The van der Waals surface area contributed by atoms with Gasteiger partial charge in [0.1, 0.15) is 6.54 Å². The number of carbonyl (C=O) groups is 2. The van der Waals surface area contributed by atoms with Crippen LogP contribution in [0.3, 0.4) is 0 Å². The van der Waals surface area contributed by atoms with Gasteiger partial charge >= 0.3 is 5.97 Å². The Morgan fingerprint density at radius 2 is 2.13 bits per heavy atom. The molecule has 128 valence electrons. The maximum absolute atomic E-state index is 12.5. The van der Waals surface area contributed by atoms with Crippen LogP contribution < -0.4 is 0 Å². The van der Waals surface area contributed by atoms with E-state index in [2.05, 4.69) is 6.92 Å². The van der Waals surface area contributed by atoms with E-state index in [1.54, 1.807) is 6.92 Å². The first kappa shape index (κ1) is 15.4. The van der Waals surface area contributed by atoms with E-state index >= 15 is 0 Å². The third-order valence-corrected chi connectivity index (χ3v) is 6.22. The second-order valence-electron chi connectivity index (χ2n) is 7.64. The number of likely N-dealkylation sites (tertiary alicyclic amines) is 1. The summed E-state index contributed by atoms with van der Waals surface area (Å²) in [6, 6.07) is 0. The van der Waals surface area contributed by atoms with Crippen molar-refractivity contribution in [1.82, 2.24) is 4.90 Å². The number of carbonyl (C=O) groups excluding carboxylic acids is 1. The van der Waals surface area contributed by atoms with Gasteiger partial charge in [-0.3, -0.25) is 9.59 Å². The van der Waals surface area contributed by atoms with Gasteiger partial charge in [-0.2, -0.15) is 0 Å². The number of amides is 1. The molecular formula is C16H23NO6. The Hall–Kier alpha value is -1.18. The lowest BCUT2D eigenvalue weighted by atomic mass is 9.59. The molecule has 0 radical (unpaired) electrons. The lowest BCUT2D eigenvalue weighted by molar-refractivity contribution is -0.545. The van der Waals surface area contributed by atoms with Crippen molar-refractivity contribution in [2.45, 2.75) is 63.6 Å². The van der Waals surface area contributed by atoms with E-state index in [0.29, 0.717) is 18.8 Å². The van der Waals surface area contributed by atoms with Crippen LogP contribution in [0.15, 0.2) is 0 Å². The summed E-state index contributed by atoms with van der Waals surface area (Å²) < 4.78 is 6.16. The highest BCUT2D eigenvalue weighted by atomic mass is 17.3. The molecule has 4 heterocycles. The van der Waals surface area contributed by atoms with Crippen molar-refractivity contribution in [1.29, 1.82) is 0 Å². The Kier molecular flexibility index (Phi) is 3.28. The minimum Gasteiger partial charge on any atom is -0.480 e. The van der Waals surface area contributed by atoms with Crippen molar-refractivity contribution in [3.05, 3.63) is 0 Å². The maximum Gasteiger partial charge on any atom is 0.323 e. The smallest absolute Gasteiger partial charge is 0.323 e.